The van der Waals surface area contributed by atoms with E-state index in [1.807, 2.05) is 0 Å². The van der Waals surface area contributed by atoms with Crippen molar-refractivity contribution in [1.29, 1.82) is 0 Å². The summed E-state index contributed by atoms with van der Waals surface area (Å²) in [6, 6.07) is 0. The molecule has 0 aliphatic heterocycles. The molecule has 0 bridgehead atoms. The lowest BCUT2D eigenvalue weighted by Gasteiger charge is -2.02. The highest BCUT2D eigenvalue weighted by Gasteiger charge is 1.95. The van der Waals surface area contributed by atoms with Crippen LogP contribution in [0, 0.1) is 0 Å². The average Bonchev–Trinajstić information content (AvgIpc) is 2.45. The van der Waals surface area contributed by atoms with Crippen molar-refractivity contribution < 1.29 is 19.4 Å². The second kappa shape index (κ2) is 16.5. The van der Waals surface area contributed by atoms with Crippen molar-refractivity contribution in [3.8, 4) is 0 Å². The highest BCUT2D eigenvalue weighted by atomic mass is 16.5. The van der Waals surface area contributed by atoms with E-state index in [0.717, 1.165) is 12.8 Å². The normalized spacial score (nSPS) is 9.24. The fraction of sp³-hybridized carbons (Fsp3) is 0.647. The van der Waals surface area contributed by atoms with E-state index in [0.29, 0.717) is 6.61 Å². The Bertz CT molecular complexity index is 296. The third-order valence-electron chi connectivity index (χ3n) is 2.77. The van der Waals surface area contributed by atoms with Gasteiger partial charge >= 0.3 is 11.9 Å². The Morgan fingerprint density at radius 1 is 1.05 bits per heavy atom. The van der Waals surface area contributed by atoms with Gasteiger partial charge in [-0.1, -0.05) is 65.0 Å². The Hall–Kier alpha value is -1.58. The highest BCUT2D eigenvalue weighted by Crippen LogP contribution is 2.08. The molecule has 0 aromatic carbocycles. The van der Waals surface area contributed by atoms with Crippen molar-refractivity contribution in [3.05, 3.63) is 24.8 Å². The van der Waals surface area contributed by atoms with E-state index in [2.05, 4.69) is 20.1 Å². The molecule has 0 amide bonds. The number of hydrogen-bond donors (Lipinski definition) is 1. The third kappa shape index (κ3) is 20.9. The summed E-state index contributed by atoms with van der Waals surface area (Å²) in [4.78, 5) is 20.3. The monoisotopic (exact) mass is 298 g/mol. The van der Waals surface area contributed by atoms with Gasteiger partial charge in [0, 0.05) is 11.6 Å². The number of hydrogen-bond acceptors (Lipinski definition) is 3. The van der Waals surface area contributed by atoms with Crippen molar-refractivity contribution in [2.45, 2.75) is 65.2 Å². The van der Waals surface area contributed by atoms with Gasteiger partial charge in [0.1, 0.15) is 0 Å². The molecule has 122 valence electrons. The second-order valence-corrected chi connectivity index (χ2v) is 4.93. The fourth-order valence-corrected chi connectivity index (χ4v) is 1.47. The number of unbranched alkanes of at least 4 members (excludes halogenated alkanes) is 7. The van der Waals surface area contributed by atoms with Crippen molar-refractivity contribution in [3.63, 3.8) is 0 Å². The van der Waals surface area contributed by atoms with Crippen LogP contribution in [-0.2, 0) is 14.3 Å². The first kappa shape index (κ1) is 21.7. The summed E-state index contributed by atoms with van der Waals surface area (Å²) >= 11 is 0. The molecule has 0 radical (unpaired) electrons. The molecule has 1 N–H and O–H groups in total. The lowest BCUT2D eigenvalue weighted by Crippen LogP contribution is -2.01. The fourth-order valence-electron chi connectivity index (χ4n) is 1.47. The van der Waals surface area contributed by atoms with Gasteiger partial charge in [-0.15, -0.1) is 0 Å². The zero-order valence-electron chi connectivity index (χ0n) is 13.5. The number of carboxylic acid groups (broad SMARTS) is 1. The minimum Gasteiger partial charge on any atom is -0.478 e. The zero-order valence-corrected chi connectivity index (χ0v) is 13.5. The molecule has 0 atom stereocenters. The van der Waals surface area contributed by atoms with E-state index < -0.39 is 5.97 Å². The van der Waals surface area contributed by atoms with E-state index in [1.54, 1.807) is 0 Å². The van der Waals surface area contributed by atoms with E-state index >= 15 is 0 Å². The van der Waals surface area contributed by atoms with Crippen molar-refractivity contribution in [2.24, 2.45) is 0 Å². The Morgan fingerprint density at radius 2 is 1.48 bits per heavy atom. The summed E-state index contributed by atoms with van der Waals surface area (Å²) < 4.78 is 4.88. The molecule has 0 spiro atoms. The molecule has 0 saturated heterocycles. The minimum atomic E-state index is -0.935. The van der Waals surface area contributed by atoms with Gasteiger partial charge in [-0.25, -0.2) is 9.59 Å². The van der Waals surface area contributed by atoms with Gasteiger partial charge in [0.2, 0.25) is 0 Å². The molecule has 0 aromatic rings. The quantitative estimate of drug-likeness (QED) is 0.346. The standard InChI is InChI=1S/C13H24O2.C4H6O2/c1-3-5-6-7-8-9-10-11-12-15-13(14)4-2;1-3(2)4(5)6/h4H,2-3,5-12H2,1H3;1H2,2H3,(H,5,6). The van der Waals surface area contributed by atoms with Crippen LogP contribution in [0.2, 0.25) is 0 Å². The molecule has 4 heteroatoms. The molecule has 0 saturated carbocycles. The Morgan fingerprint density at radius 3 is 1.86 bits per heavy atom. The Balaban J connectivity index is 0. The molecule has 0 rings (SSSR count). The molecular formula is C17H30O4. The molecule has 21 heavy (non-hydrogen) atoms. The topological polar surface area (TPSA) is 63.6 Å². The van der Waals surface area contributed by atoms with Crippen LogP contribution in [0.25, 0.3) is 0 Å². The van der Waals surface area contributed by atoms with Crippen LogP contribution in [0.1, 0.15) is 65.2 Å². The number of carbonyl (C=O) groups excluding carboxylic acids is 1. The summed E-state index contributed by atoms with van der Waals surface area (Å²) in [5, 5.41) is 7.89. The SMILES string of the molecule is C=C(C)C(=O)O.C=CC(=O)OCCCCCCCCCC. The predicted molar refractivity (Wildman–Crippen MR) is 86.2 cm³/mol. The van der Waals surface area contributed by atoms with Crippen LogP contribution in [0.4, 0.5) is 0 Å². The van der Waals surface area contributed by atoms with Crippen molar-refractivity contribution >= 4 is 11.9 Å². The molecule has 4 nitrogen and oxygen atoms in total. The van der Waals surface area contributed by atoms with Gasteiger partial charge in [0.25, 0.3) is 0 Å². The van der Waals surface area contributed by atoms with Gasteiger partial charge in [-0.05, 0) is 13.3 Å². The molecule has 0 fully saturated rings. The first-order chi connectivity index (χ1) is 9.95. The summed E-state index contributed by atoms with van der Waals surface area (Å²) in [5.41, 5.74) is 0.176. The maximum Gasteiger partial charge on any atom is 0.330 e. The van der Waals surface area contributed by atoms with Crippen LogP contribution >= 0.6 is 0 Å². The second-order valence-electron chi connectivity index (χ2n) is 4.93. The maximum absolute atomic E-state index is 10.7. The number of ether oxygens (including phenoxy) is 1. The molecule has 0 unspecified atom stereocenters. The molecule has 0 aromatic heterocycles. The van der Waals surface area contributed by atoms with E-state index in [-0.39, 0.29) is 11.5 Å². The lowest BCUT2D eigenvalue weighted by molar-refractivity contribution is -0.138. The van der Waals surface area contributed by atoms with Crippen LogP contribution in [0.3, 0.4) is 0 Å². The zero-order chi connectivity index (χ0) is 16.5. The average molecular weight is 298 g/mol. The van der Waals surface area contributed by atoms with Crippen LogP contribution in [-0.4, -0.2) is 23.7 Å². The minimum absolute atomic E-state index is 0.176. The Kier molecular flexibility index (Phi) is 17.0. The number of aliphatic carboxylic acids is 1. The largest absolute Gasteiger partial charge is 0.478 e. The van der Waals surface area contributed by atoms with Gasteiger partial charge < -0.3 is 9.84 Å². The number of esters is 1. The summed E-state index contributed by atoms with van der Waals surface area (Å²) in [6.07, 6.45) is 11.3. The number of carboxylic acids is 1. The summed E-state index contributed by atoms with van der Waals surface area (Å²) in [5.74, 6) is -1.24. The Labute approximate surface area is 128 Å². The molecule has 0 aliphatic rings. The summed E-state index contributed by atoms with van der Waals surface area (Å²) in [6.45, 7) is 10.7. The van der Waals surface area contributed by atoms with Crippen LogP contribution in [0.5, 0.6) is 0 Å². The maximum atomic E-state index is 10.7. The van der Waals surface area contributed by atoms with E-state index in [9.17, 15) is 9.59 Å². The first-order valence-electron chi connectivity index (χ1n) is 7.63. The number of rotatable bonds is 11. The van der Waals surface area contributed by atoms with E-state index in [4.69, 9.17) is 9.84 Å². The van der Waals surface area contributed by atoms with Gasteiger partial charge in [-0.2, -0.15) is 0 Å². The molecule has 0 aliphatic carbocycles. The molecule has 0 heterocycles. The van der Waals surface area contributed by atoms with Crippen molar-refractivity contribution in [2.75, 3.05) is 6.61 Å². The summed E-state index contributed by atoms with van der Waals surface area (Å²) in [7, 11) is 0. The predicted octanol–water partition coefficient (Wildman–Crippen LogP) is 4.50. The highest BCUT2D eigenvalue weighted by molar-refractivity contribution is 5.84. The van der Waals surface area contributed by atoms with Crippen molar-refractivity contribution in [1.82, 2.24) is 0 Å². The van der Waals surface area contributed by atoms with Gasteiger partial charge in [0.15, 0.2) is 0 Å². The third-order valence-corrected chi connectivity index (χ3v) is 2.77. The first-order valence-corrected chi connectivity index (χ1v) is 7.63. The van der Waals surface area contributed by atoms with Gasteiger partial charge in [-0.3, -0.25) is 0 Å². The van der Waals surface area contributed by atoms with E-state index in [1.165, 1.54) is 51.5 Å². The molecular weight excluding hydrogens is 268 g/mol. The van der Waals surface area contributed by atoms with Crippen LogP contribution in [0.15, 0.2) is 24.8 Å². The van der Waals surface area contributed by atoms with Gasteiger partial charge in [0.05, 0.1) is 6.61 Å². The lowest BCUT2D eigenvalue weighted by atomic mass is 10.1. The smallest absolute Gasteiger partial charge is 0.330 e. The van der Waals surface area contributed by atoms with Crippen LogP contribution < -0.4 is 0 Å². The number of carbonyl (C=O) groups is 2.